The van der Waals surface area contributed by atoms with Crippen LogP contribution in [-0.4, -0.2) is 49.8 Å². The summed E-state index contributed by atoms with van der Waals surface area (Å²) in [5.41, 5.74) is 3.17. The van der Waals surface area contributed by atoms with Crippen molar-refractivity contribution in [1.82, 2.24) is 4.90 Å². The third-order valence-electron chi connectivity index (χ3n) is 4.27. The van der Waals surface area contributed by atoms with E-state index in [1.54, 1.807) is 6.07 Å². The van der Waals surface area contributed by atoms with Crippen molar-refractivity contribution in [1.29, 1.82) is 0 Å². The number of methoxy groups -OCH3 is 1. The van der Waals surface area contributed by atoms with Crippen LogP contribution in [-0.2, 0) is 11.2 Å². The van der Waals surface area contributed by atoms with Gasteiger partial charge in [0.25, 0.3) is 0 Å². The predicted octanol–water partition coefficient (Wildman–Crippen LogP) is 2.27. The van der Waals surface area contributed by atoms with Gasteiger partial charge in [0.1, 0.15) is 0 Å². The van der Waals surface area contributed by atoms with Crippen LogP contribution in [0.3, 0.4) is 0 Å². The highest BCUT2D eigenvalue weighted by molar-refractivity contribution is 5.68. The number of nitro groups is 1. The van der Waals surface area contributed by atoms with Crippen molar-refractivity contribution < 1.29 is 14.4 Å². The Morgan fingerprint density at radius 1 is 1.32 bits per heavy atom. The molecule has 1 aliphatic heterocycles. The van der Waals surface area contributed by atoms with Gasteiger partial charge in [-0.05, 0) is 24.5 Å². The summed E-state index contributed by atoms with van der Waals surface area (Å²) >= 11 is 0. The number of nitro benzene ring substituents is 1. The topological polar surface area (TPSA) is 64.8 Å². The number of morpholine rings is 1. The Morgan fingerprint density at radius 2 is 2.09 bits per heavy atom. The molecule has 1 fully saturated rings. The molecule has 1 heterocycles. The van der Waals surface area contributed by atoms with E-state index in [0.717, 1.165) is 50.4 Å². The summed E-state index contributed by atoms with van der Waals surface area (Å²) in [4.78, 5) is 13.4. The van der Waals surface area contributed by atoms with Gasteiger partial charge in [-0.1, -0.05) is 17.7 Å². The molecule has 0 radical (unpaired) electrons. The van der Waals surface area contributed by atoms with Crippen LogP contribution in [0, 0.1) is 10.1 Å². The number of nitrogens with zero attached hydrogens (tertiary/aromatic N) is 2. The summed E-state index contributed by atoms with van der Waals surface area (Å²) in [6, 6.07) is 3.60. The second kappa shape index (κ2) is 6.46. The van der Waals surface area contributed by atoms with Gasteiger partial charge in [-0.3, -0.25) is 15.0 Å². The van der Waals surface area contributed by atoms with Crippen molar-refractivity contribution >= 4 is 11.8 Å². The summed E-state index contributed by atoms with van der Waals surface area (Å²) in [5, 5.41) is 11.3. The van der Waals surface area contributed by atoms with E-state index in [0.29, 0.717) is 12.2 Å². The highest BCUT2D eigenvalue weighted by atomic mass is 16.6. The Hall–Kier alpha value is -1.92. The molecule has 6 heteroatoms. The summed E-state index contributed by atoms with van der Waals surface area (Å²) in [7, 11) is 1.47. The van der Waals surface area contributed by atoms with E-state index >= 15 is 0 Å². The number of fused-ring (bicyclic) bond motifs is 1. The third-order valence-corrected chi connectivity index (χ3v) is 4.27. The summed E-state index contributed by atoms with van der Waals surface area (Å²) in [6.07, 6.45) is 3.65. The molecule has 0 bridgehead atoms. The minimum absolute atomic E-state index is 0.113. The maximum atomic E-state index is 11.3. The molecule has 118 valence electrons. The molecule has 0 N–H and O–H groups in total. The second-order valence-corrected chi connectivity index (χ2v) is 5.63. The zero-order valence-corrected chi connectivity index (χ0v) is 12.7. The smallest absolute Gasteiger partial charge is 0.314 e. The summed E-state index contributed by atoms with van der Waals surface area (Å²) in [5.74, 6) is 0.341. The third kappa shape index (κ3) is 2.98. The number of hydrogen-bond acceptors (Lipinski definition) is 5. The lowest BCUT2D eigenvalue weighted by Gasteiger charge is -2.28. The lowest BCUT2D eigenvalue weighted by atomic mass is 9.90. The Labute approximate surface area is 129 Å². The SMILES string of the molecule is COc1ccc2c(c1[N+](=O)[O-])CCC(CN1CCOCC1)=C2. The van der Waals surface area contributed by atoms with E-state index in [-0.39, 0.29) is 10.6 Å². The van der Waals surface area contributed by atoms with E-state index in [1.807, 2.05) is 6.07 Å². The molecule has 0 amide bonds. The van der Waals surface area contributed by atoms with Crippen LogP contribution in [0.15, 0.2) is 17.7 Å². The first-order valence-corrected chi connectivity index (χ1v) is 7.53. The number of benzene rings is 1. The predicted molar refractivity (Wildman–Crippen MR) is 83.2 cm³/mol. The van der Waals surface area contributed by atoms with Crippen molar-refractivity contribution in [2.75, 3.05) is 40.0 Å². The molecule has 2 aliphatic rings. The zero-order chi connectivity index (χ0) is 15.5. The largest absolute Gasteiger partial charge is 0.490 e. The van der Waals surface area contributed by atoms with Crippen LogP contribution in [0.25, 0.3) is 6.08 Å². The van der Waals surface area contributed by atoms with Gasteiger partial charge in [-0.15, -0.1) is 0 Å². The normalized spacial score (nSPS) is 18.5. The Bertz CT molecular complexity index is 606. The Balaban J connectivity index is 1.86. The maximum absolute atomic E-state index is 11.3. The molecule has 0 unspecified atom stereocenters. The minimum Gasteiger partial charge on any atom is -0.490 e. The van der Waals surface area contributed by atoms with E-state index in [4.69, 9.17) is 9.47 Å². The molecule has 0 spiro atoms. The highest BCUT2D eigenvalue weighted by Crippen LogP contribution is 2.37. The molecule has 1 aliphatic carbocycles. The van der Waals surface area contributed by atoms with Crippen molar-refractivity contribution in [3.05, 3.63) is 38.9 Å². The quantitative estimate of drug-likeness (QED) is 0.630. The molecule has 1 aromatic rings. The van der Waals surface area contributed by atoms with Crippen LogP contribution >= 0.6 is 0 Å². The van der Waals surface area contributed by atoms with Gasteiger partial charge in [-0.25, -0.2) is 0 Å². The first-order valence-electron chi connectivity index (χ1n) is 7.53. The first kappa shape index (κ1) is 15.0. The summed E-state index contributed by atoms with van der Waals surface area (Å²) in [6.45, 7) is 4.39. The van der Waals surface area contributed by atoms with Gasteiger partial charge in [0.05, 0.1) is 25.2 Å². The average molecular weight is 304 g/mol. The van der Waals surface area contributed by atoms with Crippen molar-refractivity contribution in [3.8, 4) is 5.75 Å². The van der Waals surface area contributed by atoms with Gasteiger partial charge in [0.15, 0.2) is 5.75 Å². The van der Waals surface area contributed by atoms with Crippen LogP contribution in [0.5, 0.6) is 5.75 Å². The van der Waals surface area contributed by atoms with Gasteiger partial charge >= 0.3 is 5.69 Å². The lowest BCUT2D eigenvalue weighted by molar-refractivity contribution is -0.386. The van der Waals surface area contributed by atoms with E-state index in [1.165, 1.54) is 12.7 Å². The molecular weight excluding hydrogens is 284 g/mol. The molecule has 1 aromatic carbocycles. The fourth-order valence-electron chi connectivity index (χ4n) is 3.14. The highest BCUT2D eigenvalue weighted by Gasteiger charge is 2.26. The van der Waals surface area contributed by atoms with Crippen molar-refractivity contribution in [3.63, 3.8) is 0 Å². The molecule has 0 aromatic heterocycles. The maximum Gasteiger partial charge on any atom is 0.314 e. The first-order chi connectivity index (χ1) is 10.7. The van der Waals surface area contributed by atoms with Crippen LogP contribution in [0.1, 0.15) is 17.5 Å². The fourth-order valence-corrected chi connectivity index (χ4v) is 3.14. The van der Waals surface area contributed by atoms with Crippen LogP contribution in [0.4, 0.5) is 5.69 Å². The molecule has 3 rings (SSSR count). The Morgan fingerprint density at radius 3 is 2.77 bits per heavy atom. The average Bonchev–Trinajstić information content (AvgIpc) is 2.54. The molecule has 0 saturated carbocycles. The van der Waals surface area contributed by atoms with Crippen molar-refractivity contribution in [2.45, 2.75) is 12.8 Å². The van der Waals surface area contributed by atoms with Gasteiger partial charge < -0.3 is 9.47 Å². The molecule has 1 saturated heterocycles. The lowest BCUT2D eigenvalue weighted by Crippen LogP contribution is -2.37. The number of ether oxygens (including phenoxy) is 2. The van der Waals surface area contributed by atoms with E-state index < -0.39 is 0 Å². The zero-order valence-electron chi connectivity index (χ0n) is 12.7. The van der Waals surface area contributed by atoms with E-state index in [9.17, 15) is 10.1 Å². The number of hydrogen-bond donors (Lipinski definition) is 0. The molecule has 6 nitrogen and oxygen atoms in total. The number of rotatable bonds is 4. The van der Waals surface area contributed by atoms with Crippen molar-refractivity contribution in [2.24, 2.45) is 0 Å². The van der Waals surface area contributed by atoms with Gasteiger partial charge in [-0.2, -0.15) is 0 Å². The molecular formula is C16H20N2O4. The van der Waals surface area contributed by atoms with Crippen LogP contribution in [0.2, 0.25) is 0 Å². The molecule has 22 heavy (non-hydrogen) atoms. The second-order valence-electron chi connectivity index (χ2n) is 5.63. The van der Waals surface area contributed by atoms with Crippen LogP contribution < -0.4 is 4.74 Å². The summed E-state index contributed by atoms with van der Waals surface area (Å²) < 4.78 is 10.5. The van der Waals surface area contributed by atoms with Gasteiger partial charge in [0, 0.05) is 25.2 Å². The van der Waals surface area contributed by atoms with E-state index in [2.05, 4.69) is 11.0 Å². The standard InChI is InChI=1S/C16H20N2O4/c1-21-15-5-3-13-10-12(11-17-6-8-22-9-7-17)2-4-14(13)16(15)18(19)20/h3,5,10H,2,4,6-9,11H2,1H3. The van der Waals surface area contributed by atoms with Gasteiger partial charge in [0.2, 0.25) is 0 Å². The molecule has 0 atom stereocenters. The Kier molecular flexibility index (Phi) is 4.40. The fraction of sp³-hybridized carbons (Fsp3) is 0.500. The monoisotopic (exact) mass is 304 g/mol. The minimum atomic E-state index is -0.335.